The summed E-state index contributed by atoms with van der Waals surface area (Å²) in [6.45, 7) is 6.24. The molecule has 1 aromatic heterocycles. The molecule has 20 heavy (non-hydrogen) atoms. The zero-order valence-corrected chi connectivity index (χ0v) is 12.3. The Bertz CT molecular complexity index is 579. The number of pyridine rings is 1. The minimum atomic E-state index is -0.00593. The van der Waals surface area contributed by atoms with Gasteiger partial charge in [-0.15, -0.1) is 0 Å². The number of nitrogens with zero attached hydrogens (tertiary/aromatic N) is 1. The van der Waals surface area contributed by atoms with E-state index in [2.05, 4.69) is 31.8 Å². The lowest BCUT2D eigenvalue weighted by molar-refractivity contribution is 0.280. The van der Waals surface area contributed by atoms with Gasteiger partial charge in [-0.25, -0.2) is 4.98 Å². The SMILES string of the molecule is CCc1ccccc1Oc1cc(CO)cc(C(C)C)n1. The van der Waals surface area contributed by atoms with Crippen LogP contribution in [0.5, 0.6) is 11.6 Å². The number of benzene rings is 1. The molecule has 0 unspecified atom stereocenters. The van der Waals surface area contributed by atoms with Gasteiger partial charge < -0.3 is 9.84 Å². The standard InChI is InChI=1S/C17H21NO2/c1-4-14-7-5-6-8-16(14)20-17-10-13(11-19)9-15(18-17)12(2)3/h5-10,12,19H,4,11H2,1-3H3. The molecule has 0 aliphatic heterocycles. The van der Waals surface area contributed by atoms with E-state index in [9.17, 15) is 5.11 Å². The van der Waals surface area contributed by atoms with Crippen LogP contribution in [0.1, 0.15) is 43.5 Å². The molecule has 2 rings (SSSR count). The van der Waals surface area contributed by atoms with E-state index in [4.69, 9.17) is 4.74 Å². The van der Waals surface area contributed by atoms with E-state index in [-0.39, 0.29) is 6.61 Å². The largest absolute Gasteiger partial charge is 0.439 e. The molecule has 0 saturated heterocycles. The Balaban J connectivity index is 2.35. The summed E-state index contributed by atoms with van der Waals surface area (Å²) in [6.07, 6.45) is 0.910. The van der Waals surface area contributed by atoms with Gasteiger partial charge in [0, 0.05) is 11.8 Å². The van der Waals surface area contributed by atoms with Gasteiger partial charge in [0.25, 0.3) is 0 Å². The molecule has 0 amide bonds. The molecule has 3 nitrogen and oxygen atoms in total. The summed E-state index contributed by atoms with van der Waals surface area (Å²) in [7, 11) is 0. The first-order valence-corrected chi connectivity index (χ1v) is 7.01. The molecule has 106 valence electrons. The summed E-state index contributed by atoms with van der Waals surface area (Å²) in [6, 6.07) is 11.7. The van der Waals surface area contributed by atoms with Crippen LogP contribution in [-0.4, -0.2) is 10.1 Å². The Hall–Kier alpha value is -1.87. The number of hydrogen-bond acceptors (Lipinski definition) is 3. The molecule has 0 atom stereocenters. The minimum absolute atomic E-state index is 0.00593. The average Bonchev–Trinajstić information content (AvgIpc) is 2.47. The number of aliphatic hydroxyl groups excluding tert-OH is 1. The van der Waals surface area contributed by atoms with Crippen LogP contribution >= 0.6 is 0 Å². The van der Waals surface area contributed by atoms with Crippen molar-refractivity contribution in [2.75, 3.05) is 0 Å². The van der Waals surface area contributed by atoms with Gasteiger partial charge >= 0.3 is 0 Å². The number of aliphatic hydroxyl groups is 1. The van der Waals surface area contributed by atoms with Crippen molar-refractivity contribution in [2.24, 2.45) is 0 Å². The first kappa shape index (κ1) is 14.5. The average molecular weight is 271 g/mol. The highest BCUT2D eigenvalue weighted by Gasteiger charge is 2.09. The molecular weight excluding hydrogens is 250 g/mol. The van der Waals surface area contributed by atoms with Crippen LogP contribution in [0, 0.1) is 0 Å². The molecular formula is C17H21NO2. The van der Waals surface area contributed by atoms with Crippen LogP contribution in [0.4, 0.5) is 0 Å². The van der Waals surface area contributed by atoms with Crippen LogP contribution in [0.2, 0.25) is 0 Å². The molecule has 0 aliphatic rings. The maximum absolute atomic E-state index is 9.35. The van der Waals surface area contributed by atoms with E-state index in [1.54, 1.807) is 6.07 Å². The second kappa shape index (κ2) is 6.53. The van der Waals surface area contributed by atoms with E-state index in [0.29, 0.717) is 11.8 Å². The molecule has 0 bridgehead atoms. The van der Waals surface area contributed by atoms with Crippen LogP contribution in [0.3, 0.4) is 0 Å². The quantitative estimate of drug-likeness (QED) is 0.892. The summed E-state index contributed by atoms with van der Waals surface area (Å²) < 4.78 is 5.91. The van der Waals surface area contributed by atoms with E-state index in [0.717, 1.165) is 29.0 Å². The molecule has 0 aliphatic carbocycles. The second-order valence-electron chi connectivity index (χ2n) is 5.11. The lowest BCUT2D eigenvalue weighted by atomic mass is 10.1. The van der Waals surface area contributed by atoms with Gasteiger partial charge in [0.1, 0.15) is 5.75 Å². The molecule has 1 aromatic carbocycles. The van der Waals surface area contributed by atoms with E-state index in [1.807, 2.05) is 24.3 Å². The number of rotatable bonds is 5. The fourth-order valence-corrected chi connectivity index (χ4v) is 2.03. The highest BCUT2D eigenvalue weighted by Crippen LogP contribution is 2.26. The molecule has 1 N–H and O–H groups in total. The fourth-order valence-electron chi connectivity index (χ4n) is 2.03. The van der Waals surface area contributed by atoms with Gasteiger partial charge in [0.05, 0.1) is 6.61 Å². The first-order valence-electron chi connectivity index (χ1n) is 7.01. The van der Waals surface area contributed by atoms with E-state index >= 15 is 0 Å². The van der Waals surface area contributed by atoms with Crippen molar-refractivity contribution in [3.63, 3.8) is 0 Å². The third-order valence-corrected chi connectivity index (χ3v) is 3.22. The maximum atomic E-state index is 9.35. The van der Waals surface area contributed by atoms with Crippen molar-refractivity contribution in [3.8, 4) is 11.6 Å². The molecule has 1 heterocycles. The van der Waals surface area contributed by atoms with Crippen molar-refractivity contribution in [2.45, 2.75) is 39.7 Å². The van der Waals surface area contributed by atoms with Gasteiger partial charge in [-0.3, -0.25) is 0 Å². The number of aryl methyl sites for hydroxylation is 1. The van der Waals surface area contributed by atoms with Crippen molar-refractivity contribution in [3.05, 3.63) is 53.2 Å². The van der Waals surface area contributed by atoms with Crippen molar-refractivity contribution < 1.29 is 9.84 Å². The Labute approximate surface area is 120 Å². The normalized spacial score (nSPS) is 10.8. The third-order valence-electron chi connectivity index (χ3n) is 3.22. The van der Waals surface area contributed by atoms with Crippen LogP contribution in [0.15, 0.2) is 36.4 Å². The lowest BCUT2D eigenvalue weighted by Gasteiger charge is -2.13. The molecule has 3 heteroatoms. The van der Waals surface area contributed by atoms with Gasteiger partial charge in [-0.2, -0.15) is 0 Å². The van der Waals surface area contributed by atoms with Gasteiger partial charge in [0.2, 0.25) is 5.88 Å². The summed E-state index contributed by atoms with van der Waals surface area (Å²) in [4.78, 5) is 4.52. The Kier molecular flexibility index (Phi) is 4.74. The van der Waals surface area contributed by atoms with Crippen LogP contribution < -0.4 is 4.74 Å². The summed E-state index contributed by atoms with van der Waals surface area (Å²) in [5, 5.41) is 9.35. The number of aromatic nitrogens is 1. The summed E-state index contributed by atoms with van der Waals surface area (Å²) in [5.74, 6) is 1.67. The fraction of sp³-hybridized carbons (Fsp3) is 0.353. The number of para-hydroxylation sites is 1. The predicted molar refractivity (Wildman–Crippen MR) is 80.1 cm³/mol. The highest BCUT2D eigenvalue weighted by atomic mass is 16.5. The topological polar surface area (TPSA) is 42.4 Å². The number of ether oxygens (including phenoxy) is 1. The minimum Gasteiger partial charge on any atom is -0.439 e. The molecule has 0 spiro atoms. The zero-order chi connectivity index (χ0) is 14.5. The molecule has 2 aromatic rings. The molecule has 0 radical (unpaired) electrons. The van der Waals surface area contributed by atoms with Crippen molar-refractivity contribution in [1.82, 2.24) is 4.98 Å². The summed E-state index contributed by atoms with van der Waals surface area (Å²) in [5.41, 5.74) is 2.91. The predicted octanol–water partition coefficient (Wildman–Crippen LogP) is 4.05. The summed E-state index contributed by atoms with van der Waals surface area (Å²) >= 11 is 0. The smallest absolute Gasteiger partial charge is 0.219 e. The Morgan fingerprint density at radius 3 is 2.60 bits per heavy atom. The van der Waals surface area contributed by atoms with Crippen molar-refractivity contribution >= 4 is 0 Å². The van der Waals surface area contributed by atoms with Gasteiger partial charge in [-0.05, 0) is 35.6 Å². The third kappa shape index (κ3) is 3.36. The van der Waals surface area contributed by atoms with Crippen LogP contribution in [-0.2, 0) is 13.0 Å². The first-order chi connectivity index (χ1) is 9.63. The van der Waals surface area contributed by atoms with Crippen LogP contribution in [0.25, 0.3) is 0 Å². The monoisotopic (exact) mass is 271 g/mol. The number of hydrogen-bond donors (Lipinski definition) is 1. The van der Waals surface area contributed by atoms with Gasteiger partial charge in [0.15, 0.2) is 0 Å². The van der Waals surface area contributed by atoms with E-state index < -0.39 is 0 Å². The van der Waals surface area contributed by atoms with Gasteiger partial charge in [-0.1, -0.05) is 39.0 Å². The molecule has 0 fully saturated rings. The maximum Gasteiger partial charge on any atom is 0.219 e. The highest BCUT2D eigenvalue weighted by molar-refractivity contribution is 5.37. The molecule has 0 saturated carbocycles. The Morgan fingerprint density at radius 1 is 1.20 bits per heavy atom. The second-order valence-corrected chi connectivity index (χ2v) is 5.11. The van der Waals surface area contributed by atoms with E-state index in [1.165, 1.54) is 0 Å². The lowest BCUT2D eigenvalue weighted by Crippen LogP contribution is -1.99. The van der Waals surface area contributed by atoms with Crippen molar-refractivity contribution in [1.29, 1.82) is 0 Å². The zero-order valence-electron chi connectivity index (χ0n) is 12.3. The Morgan fingerprint density at radius 2 is 1.95 bits per heavy atom.